The second-order valence-corrected chi connectivity index (χ2v) is 9.56. The fraction of sp³-hybridized carbons (Fsp3) is 0.226. The molecule has 8 nitrogen and oxygen atoms in total. The standard InChI is InChI=1S/C29H29F2N5O.C2HF3O2/c1-20-16-27(36-29(34-20)32-15-14-21-10-12-24(30)13-11-21)35-26(18-22-6-3-2-4-7-22)28(37)33-19-23-8-5-9-25(31)17-23;3-2(4,5)1(6)7/h2-13,16-17,26H,14-15,18-19H2,1H3,(H,33,37)(H2,32,34,35,36);(H,6,7)/t26-;/m0./s1. The van der Waals surface area contributed by atoms with Crippen LogP contribution in [0.4, 0.5) is 33.7 Å². The number of benzene rings is 3. The van der Waals surface area contributed by atoms with E-state index in [4.69, 9.17) is 9.90 Å². The third-order valence-corrected chi connectivity index (χ3v) is 5.98. The van der Waals surface area contributed by atoms with Crippen LogP contribution in [0, 0.1) is 18.6 Å². The smallest absolute Gasteiger partial charge is 0.475 e. The minimum atomic E-state index is -5.08. The highest BCUT2D eigenvalue weighted by Gasteiger charge is 2.38. The van der Waals surface area contributed by atoms with Crippen LogP contribution in [-0.4, -0.2) is 45.7 Å². The van der Waals surface area contributed by atoms with Gasteiger partial charge in [-0.05, 0) is 54.3 Å². The number of hydrogen-bond acceptors (Lipinski definition) is 6. The first-order chi connectivity index (χ1) is 20.9. The third-order valence-electron chi connectivity index (χ3n) is 5.98. The molecule has 0 aliphatic carbocycles. The van der Waals surface area contributed by atoms with Crippen molar-refractivity contribution in [1.82, 2.24) is 15.3 Å². The summed E-state index contributed by atoms with van der Waals surface area (Å²) in [4.78, 5) is 31.1. The van der Waals surface area contributed by atoms with Crippen molar-refractivity contribution in [1.29, 1.82) is 0 Å². The predicted octanol–water partition coefficient (Wildman–Crippen LogP) is 5.69. The van der Waals surface area contributed by atoms with Crippen LogP contribution in [0.1, 0.15) is 22.4 Å². The molecule has 4 aromatic rings. The lowest BCUT2D eigenvalue weighted by molar-refractivity contribution is -0.192. The summed E-state index contributed by atoms with van der Waals surface area (Å²) in [6.45, 7) is 2.63. The first kappa shape index (κ1) is 33.4. The third kappa shape index (κ3) is 11.7. The van der Waals surface area contributed by atoms with Gasteiger partial charge in [0.2, 0.25) is 11.9 Å². The fourth-order valence-electron chi connectivity index (χ4n) is 3.89. The van der Waals surface area contributed by atoms with E-state index in [-0.39, 0.29) is 24.1 Å². The Labute approximate surface area is 250 Å². The van der Waals surface area contributed by atoms with Gasteiger partial charge in [0.05, 0.1) is 0 Å². The zero-order valence-electron chi connectivity index (χ0n) is 23.5. The van der Waals surface area contributed by atoms with E-state index in [9.17, 15) is 26.7 Å². The van der Waals surface area contributed by atoms with Gasteiger partial charge >= 0.3 is 12.1 Å². The lowest BCUT2D eigenvalue weighted by atomic mass is 10.0. The van der Waals surface area contributed by atoms with E-state index in [0.717, 1.165) is 16.8 Å². The lowest BCUT2D eigenvalue weighted by Gasteiger charge is -2.20. The highest BCUT2D eigenvalue weighted by atomic mass is 19.4. The van der Waals surface area contributed by atoms with Crippen molar-refractivity contribution >= 4 is 23.6 Å². The minimum Gasteiger partial charge on any atom is -0.475 e. The van der Waals surface area contributed by atoms with Gasteiger partial charge in [-0.2, -0.15) is 18.2 Å². The predicted molar refractivity (Wildman–Crippen MR) is 155 cm³/mol. The van der Waals surface area contributed by atoms with Gasteiger partial charge in [-0.25, -0.2) is 18.6 Å². The maximum absolute atomic E-state index is 13.5. The van der Waals surface area contributed by atoms with Crippen molar-refractivity contribution in [2.24, 2.45) is 0 Å². The van der Waals surface area contributed by atoms with Gasteiger partial charge in [0.25, 0.3) is 0 Å². The molecule has 44 heavy (non-hydrogen) atoms. The first-order valence-electron chi connectivity index (χ1n) is 13.4. The van der Waals surface area contributed by atoms with Gasteiger partial charge in [0.15, 0.2) is 0 Å². The molecule has 0 saturated carbocycles. The lowest BCUT2D eigenvalue weighted by Crippen LogP contribution is -2.41. The maximum atomic E-state index is 13.5. The molecule has 0 radical (unpaired) electrons. The monoisotopic (exact) mass is 615 g/mol. The van der Waals surface area contributed by atoms with Gasteiger partial charge in [-0.3, -0.25) is 4.79 Å². The zero-order chi connectivity index (χ0) is 32.1. The number of aromatic nitrogens is 2. The molecule has 4 rings (SSSR count). The van der Waals surface area contributed by atoms with Crippen LogP contribution < -0.4 is 16.0 Å². The van der Waals surface area contributed by atoms with Gasteiger partial charge in [-0.15, -0.1) is 0 Å². The van der Waals surface area contributed by atoms with Crippen molar-refractivity contribution < 1.29 is 36.6 Å². The van der Waals surface area contributed by atoms with E-state index < -0.39 is 18.2 Å². The molecule has 1 amide bonds. The van der Waals surface area contributed by atoms with E-state index in [1.54, 1.807) is 30.3 Å². The number of carbonyl (C=O) groups is 2. The van der Waals surface area contributed by atoms with Crippen LogP contribution >= 0.6 is 0 Å². The highest BCUT2D eigenvalue weighted by Crippen LogP contribution is 2.15. The largest absolute Gasteiger partial charge is 0.490 e. The molecule has 0 unspecified atom stereocenters. The van der Waals surface area contributed by atoms with Crippen molar-refractivity contribution in [3.63, 3.8) is 0 Å². The molecule has 3 aromatic carbocycles. The molecule has 0 aliphatic rings. The number of hydrogen-bond donors (Lipinski definition) is 4. The van der Waals surface area contributed by atoms with E-state index >= 15 is 0 Å². The minimum absolute atomic E-state index is 0.211. The summed E-state index contributed by atoms with van der Waals surface area (Å²) in [5, 5.41) is 16.5. The van der Waals surface area contributed by atoms with E-state index in [2.05, 4.69) is 25.9 Å². The molecule has 1 atom stereocenters. The van der Waals surface area contributed by atoms with Gasteiger partial charge in [-0.1, -0.05) is 54.6 Å². The molecule has 0 bridgehead atoms. The number of carboxylic acid groups (broad SMARTS) is 1. The molecule has 1 heterocycles. The molecule has 0 aliphatic heterocycles. The van der Waals surface area contributed by atoms with Gasteiger partial charge in [0, 0.05) is 31.3 Å². The number of aliphatic carboxylic acids is 1. The van der Waals surface area contributed by atoms with E-state index in [0.29, 0.717) is 36.7 Å². The summed E-state index contributed by atoms with van der Waals surface area (Å²) in [6, 6.07) is 23.4. The van der Waals surface area contributed by atoms with Crippen LogP contribution in [-0.2, 0) is 29.0 Å². The van der Waals surface area contributed by atoms with E-state index in [1.807, 2.05) is 37.3 Å². The molecular weight excluding hydrogens is 585 g/mol. The number of carboxylic acids is 1. The number of alkyl halides is 3. The Morgan fingerprint density at radius 1 is 0.841 bits per heavy atom. The second kappa shape index (κ2) is 16.0. The number of anilines is 2. The molecule has 0 fully saturated rings. The quantitative estimate of drug-likeness (QED) is 0.160. The number of rotatable bonds is 11. The van der Waals surface area contributed by atoms with Crippen molar-refractivity contribution in [3.8, 4) is 0 Å². The number of halogens is 5. The molecule has 0 saturated heterocycles. The first-order valence-corrected chi connectivity index (χ1v) is 13.4. The second-order valence-electron chi connectivity index (χ2n) is 9.56. The number of nitrogens with zero attached hydrogens (tertiary/aromatic N) is 2. The Morgan fingerprint density at radius 2 is 1.50 bits per heavy atom. The van der Waals surface area contributed by atoms with E-state index in [1.165, 1.54) is 24.3 Å². The van der Waals surface area contributed by atoms with Crippen LogP contribution in [0.2, 0.25) is 0 Å². The fourth-order valence-corrected chi connectivity index (χ4v) is 3.89. The number of nitrogens with one attached hydrogen (secondary N) is 3. The molecule has 13 heteroatoms. The average molecular weight is 616 g/mol. The summed E-state index contributed by atoms with van der Waals surface area (Å²) in [6.07, 6.45) is -3.97. The van der Waals surface area contributed by atoms with Gasteiger partial charge in [0.1, 0.15) is 23.5 Å². The Kier molecular flexibility index (Phi) is 12.1. The average Bonchev–Trinajstić information content (AvgIpc) is 2.97. The topological polar surface area (TPSA) is 116 Å². The number of aryl methyl sites for hydroxylation is 1. The summed E-state index contributed by atoms with van der Waals surface area (Å²) in [5.41, 5.74) is 3.40. The van der Waals surface area contributed by atoms with Crippen LogP contribution in [0.5, 0.6) is 0 Å². The van der Waals surface area contributed by atoms with Crippen LogP contribution in [0.3, 0.4) is 0 Å². The Balaban J connectivity index is 0.000000676. The number of amides is 1. The summed E-state index contributed by atoms with van der Waals surface area (Å²) in [7, 11) is 0. The zero-order valence-corrected chi connectivity index (χ0v) is 23.5. The SMILES string of the molecule is Cc1cc(N[C@@H](Cc2ccccc2)C(=O)NCc2cccc(F)c2)nc(NCCc2ccc(F)cc2)n1.O=C(O)C(F)(F)F. The molecule has 1 aromatic heterocycles. The normalized spacial score (nSPS) is 11.5. The molecular formula is C31H30F5N5O3. The maximum Gasteiger partial charge on any atom is 0.490 e. The van der Waals surface area contributed by atoms with Gasteiger partial charge < -0.3 is 21.1 Å². The van der Waals surface area contributed by atoms with Crippen molar-refractivity contribution in [2.45, 2.75) is 38.5 Å². The van der Waals surface area contributed by atoms with Crippen LogP contribution in [0.25, 0.3) is 0 Å². The summed E-state index contributed by atoms with van der Waals surface area (Å²) in [5.74, 6) is -2.65. The number of carbonyl (C=O) groups excluding carboxylic acids is 1. The Hall–Kier alpha value is -5.07. The molecule has 232 valence electrons. The summed E-state index contributed by atoms with van der Waals surface area (Å²) < 4.78 is 58.4. The molecule has 4 N–H and O–H groups in total. The van der Waals surface area contributed by atoms with Crippen molar-refractivity contribution in [2.75, 3.05) is 17.2 Å². The Bertz CT molecular complexity index is 1520. The summed E-state index contributed by atoms with van der Waals surface area (Å²) >= 11 is 0. The molecule has 0 spiro atoms. The van der Waals surface area contributed by atoms with Crippen molar-refractivity contribution in [3.05, 3.63) is 119 Å². The van der Waals surface area contributed by atoms with Crippen LogP contribution in [0.15, 0.2) is 84.9 Å². The highest BCUT2D eigenvalue weighted by molar-refractivity contribution is 5.84. The Morgan fingerprint density at radius 3 is 2.14 bits per heavy atom.